The predicted molar refractivity (Wildman–Crippen MR) is 94.6 cm³/mol. The smallest absolute Gasteiger partial charge is 0.194 e. The third-order valence-corrected chi connectivity index (χ3v) is 2.94. The first-order valence-electron chi connectivity index (χ1n) is 7.97. The highest BCUT2D eigenvalue weighted by atomic mass is 16.1. The van der Waals surface area contributed by atoms with Crippen LogP contribution in [0.1, 0.15) is 63.4 Å². The Bertz CT molecular complexity index is 518. The largest absolute Gasteiger partial charge is 0.289 e. The summed E-state index contributed by atoms with van der Waals surface area (Å²) in [6, 6.07) is 7.74. The van der Waals surface area contributed by atoms with E-state index in [2.05, 4.69) is 19.6 Å². The lowest BCUT2D eigenvalue weighted by molar-refractivity contribution is 0.104. The number of Topliss-reactive ketones (excluding diaryl/α,β-unsaturated/α-hetero) is 1. The van der Waals surface area contributed by atoms with E-state index >= 15 is 0 Å². The Balaban J connectivity index is 0.000000921. The van der Waals surface area contributed by atoms with Gasteiger partial charge in [-0.25, -0.2) is 0 Å². The number of benzene rings is 1. The zero-order chi connectivity index (χ0) is 16.3. The van der Waals surface area contributed by atoms with Crippen LogP contribution in [0.15, 0.2) is 54.6 Å². The lowest BCUT2D eigenvalue weighted by atomic mass is 10.0. The fraction of sp³-hybridized carbons (Fsp3) is 0.350. The van der Waals surface area contributed by atoms with Gasteiger partial charge in [-0.1, -0.05) is 90.1 Å². The Kier molecular flexibility index (Phi) is 9.87. The van der Waals surface area contributed by atoms with Gasteiger partial charge in [0.05, 0.1) is 0 Å². The first-order valence-corrected chi connectivity index (χ1v) is 7.97. The summed E-state index contributed by atoms with van der Waals surface area (Å²) in [4.78, 5) is 12.1. The van der Waals surface area contributed by atoms with Gasteiger partial charge in [0.25, 0.3) is 0 Å². The highest BCUT2D eigenvalue weighted by Gasteiger charge is 2.25. The third kappa shape index (κ3) is 4.56. The fourth-order valence-corrected chi connectivity index (χ4v) is 2.08. The first kappa shape index (κ1) is 19.1. The minimum atomic E-state index is 0.0896. The van der Waals surface area contributed by atoms with Crippen LogP contribution in [-0.2, 0) is 0 Å². The molecule has 0 spiro atoms. The Morgan fingerprint density at radius 3 is 2.10 bits per heavy atom. The second kappa shape index (κ2) is 10.8. The van der Waals surface area contributed by atoms with Gasteiger partial charge in [0, 0.05) is 11.1 Å². The van der Waals surface area contributed by atoms with Crippen LogP contribution in [0.5, 0.6) is 0 Å². The Hall–Kier alpha value is -1.89. The van der Waals surface area contributed by atoms with E-state index in [1.807, 2.05) is 58.0 Å². The molecule has 0 fully saturated rings. The molecule has 0 heterocycles. The summed E-state index contributed by atoms with van der Waals surface area (Å²) in [6.07, 6.45) is 7.97. The average Bonchev–Trinajstić information content (AvgIpc) is 2.84. The summed E-state index contributed by atoms with van der Waals surface area (Å²) >= 11 is 0. The quantitative estimate of drug-likeness (QED) is 0.640. The maximum absolute atomic E-state index is 12.1. The van der Waals surface area contributed by atoms with E-state index in [-0.39, 0.29) is 5.78 Å². The molecule has 0 bridgehead atoms. The molecule has 1 aliphatic carbocycles. The highest BCUT2D eigenvalue weighted by Crippen LogP contribution is 2.34. The second-order valence-corrected chi connectivity index (χ2v) is 4.10. The Morgan fingerprint density at radius 2 is 1.57 bits per heavy atom. The minimum absolute atomic E-state index is 0.0896. The third-order valence-electron chi connectivity index (χ3n) is 2.94. The molecule has 1 aliphatic rings. The van der Waals surface area contributed by atoms with E-state index in [1.54, 1.807) is 6.08 Å². The van der Waals surface area contributed by atoms with Crippen LogP contribution in [0.4, 0.5) is 0 Å². The molecule has 114 valence electrons. The number of allylic oxidation sites excluding steroid dienone is 5. The van der Waals surface area contributed by atoms with Crippen molar-refractivity contribution < 1.29 is 4.79 Å². The summed E-state index contributed by atoms with van der Waals surface area (Å²) < 4.78 is 0. The van der Waals surface area contributed by atoms with E-state index in [4.69, 9.17) is 0 Å². The van der Waals surface area contributed by atoms with Crippen LogP contribution in [0.2, 0.25) is 0 Å². The van der Waals surface area contributed by atoms with E-state index in [0.717, 1.165) is 35.1 Å². The Labute approximate surface area is 130 Å². The van der Waals surface area contributed by atoms with Crippen molar-refractivity contribution in [3.63, 3.8) is 0 Å². The second-order valence-electron chi connectivity index (χ2n) is 4.10. The predicted octanol–water partition coefficient (Wildman–Crippen LogP) is 6.23. The molecule has 0 unspecified atom stereocenters. The molecular weight excluding hydrogens is 256 g/mol. The maximum Gasteiger partial charge on any atom is 0.194 e. The van der Waals surface area contributed by atoms with Crippen molar-refractivity contribution in [1.82, 2.24) is 0 Å². The topological polar surface area (TPSA) is 17.1 Å². The van der Waals surface area contributed by atoms with Gasteiger partial charge in [0.15, 0.2) is 5.78 Å². The van der Waals surface area contributed by atoms with Crippen molar-refractivity contribution in [2.45, 2.75) is 47.5 Å². The van der Waals surface area contributed by atoms with Gasteiger partial charge in [-0.05, 0) is 17.6 Å². The molecule has 0 saturated carbocycles. The van der Waals surface area contributed by atoms with E-state index in [1.165, 1.54) is 0 Å². The summed E-state index contributed by atoms with van der Waals surface area (Å²) in [5, 5.41) is 0. The number of unbranched alkanes of at least 4 members (excludes halogenated alkanes) is 1. The van der Waals surface area contributed by atoms with Gasteiger partial charge in [0.1, 0.15) is 0 Å². The lowest BCUT2D eigenvalue weighted by Gasteiger charge is -1.99. The van der Waals surface area contributed by atoms with Gasteiger partial charge in [-0.2, -0.15) is 0 Å². The van der Waals surface area contributed by atoms with Crippen LogP contribution in [-0.4, -0.2) is 5.78 Å². The fourth-order valence-electron chi connectivity index (χ4n) is 2.08. The molecule has 0 atom stereocenters. The van der Waals surface area contributed by atoms with Crippen LogP contribution in [0, 0.1) is 0 Å². The minimum Gasteiger partial charge on any atom is -0.289 e. The molecule has 1 aromatic rings. The van der Waals surface area contributed by atoms with E-state index in [0.29, 0.717) is 0 Å². The summed E-state index contributed by atoms with van der Waals surface area (Å²) in [7, 11) is 0. The summed E-state index contributed by atoms with van der Waals surface area (Å²) in [5.74, 6) is 0.0896. The van der Waals surface area contributed by atoms with Gasteiger partial charge < -0.3 is 0 Å². The number of hydrogen-bond acceptors (Lipinski definition) is 1. The molecular formula is C20H28O. The van der Waals surface area contributed by atoms with Crippen molar-refractivity contribution in [3.05, 3.63) is 65.8 Å². The molecule has 0 N–H and O–H groups in total. The zero-order valence-electron chi connectivity index (χ0n) is 14.1. The molecule has 0 saturated heterocycles. The first-order chi connectivity index (χ1) is 10.3. The van der Waals surface area contributed by atoms with Crippen molar-refractivity contribution in [2.75, 3.05) is 0 Å². The molecule has 1 heteroatoms. The van der Waals surface area contributed by atoms with E-state index in [9.17, 15) is 4.79 Å². The number of fused-ring (bicyclic) bond motifs is 1. The number of carbonyl (C=O) groups excluding carboxylic acids is 1. The van der Waals surface area contributed by atoms with E-state index < -0.39 is 0 Å². The molecule has 1 aromatic carbocycles. The molecule has 0 aliphatic heterocycles. The van der Waals surface area contributed by atoms with Crippen LogP contribution >= 0.6 is 0 Å². The van der Waals surface area contributed by atoms with Crippen molar-refractivity contribution in [3.8, 4) is 0 Å². The monoisotopic (exact) mass is 284 g/mol. The van der Waals surface area contributed by atoms with Gasteiger partial charge in [-0.3, -0.25) is 4.79 Å². The lowest BCUT2D eigenvalue weighted by Crippen LogP contribution is -1.95. The average molecular weight is 284 g/mol. The van der Waals surface area contributed by atoms with Crippen LogP contribution < -0.4 is 0 Å². The van der Waals surface area contributed by atoms with Crippen molar-refractivity contribution in [1.29, 1.82) is 0 Å². The normalized spacial score (nSPS) is 12.3. The SMILES string of the molecule is C=CC1=C(/C=C\CCC)c2ccccc2C1=O.CC.CC. The molecule has 2 rings (SSSR count). The number of carbonyl (C=O) groups is 1. The zero-order valence-corrected chi connectivity index (χ0v) is 14.1. The summed E-state index contributed by atoms with van der Waals surface area (Å²) in [6.45, 7) is 13.9. The van der Waals surface area contributed by atoms with Gasteiger partial charge in [0.2, 0.25) is 0 Å². The van der Waals surface area contributed by atoms with Crippen molar-refractivity contribution >= 4 is 11.4 Å². The number of ketones is 1. The van der Waals surface area contributed by atoms with Crippen molar-refractivity contribution in [2.24, 2.45) is 0 Å². The highest BCUT2D eigenvalue weighted by molar-refractivity contribution is 6.23. The van der Waals surface area contributed by atoms with Gasteiger partial charge in [-0.15, -0.1) is 0 Å². The standard InChI is InChI=1S/C16H16O.2C2H6/c1-3-5-6-9-13-12(4-2)16(17)15-11-8-7-10-14(13)15;2*1-2/h4,6-11H,2-3,5H2,1H3;2*1-2H3/b9-6-;;. The molecule has 0 amide bonds. The number of rotatable bonds is 4. The Morgan fingerprint density at radius 1 is 1.00 bits per heavy atom. The van der Waals surface area contributed by atoms with Crippen LogP contribution in [0.25, 0.3) is 5.57 Å². The van der Waals surface area contributed by atoms with Crippen LogP contribution in [0.3, 0.4) is 0 Å². The van der Waals surface area contributed by atoms with Gasteiger partial charge >= 0.3 is 0 Å². The molecule has 0 radical (unpaired) electrons. The summed E-state index contributed by atoms with van der Waals surface area (Å²) in [5.41, 5.74) is 3.55. The molecule has 1 nitrogen and oxygen atoms in total. The molecule has 21 heavy (non-hydrogen) atoms. The number of hydrogen-bond donors (Lipinski definition) is 0. The molecule has 0 aromatic heterocycles. The maximum atomic E-state index is 12.1.